The highest BCUT2D eigenvalue weighted by atomic mass is 32.2. The molecular weight excluding hydrogens is 368 g/mol. The van der Waals surface area contributed by atoms with E-state index in [0.717, 1.165) is 0 Å². The van der Waals surface area contributed by atoms with Crippen LogP contribution in [-0.2, 0) is 14.6 Å². The van der Waals surface area contributed by atoms with Gasteiger partial charge < -0.3 is 5.11 Å². The zero-order valence-corrected chi connectivity index (χ0v) is 12.0. The molecule has 0 spiro atoms. The summed E-state index contributed by atoms with van der Waals surface area (Å²) in [4.78, 5) is 8.91. The van der Waals surface area contributed by atoms with Crippen molar-refractivity contribution >= 4 is 15.8 Å². The smallest absolute Gasteiger partial charge is 0.453 e. The van der Waals surface area contributed by atoms with Crippen molar-refractivity contribution in [2.24, 2.45) is 0 Å². The number of aliphatic carboxylic acids is 1. The minimum absolute atomic E-state index is 0.369. The van der Waals surface area contributed by atoms with E-state index in [1.807, 2.05) is 0 Å². The maximum absolute atomic E-state index is 12.8. The second-order valence-corrected chi connectivity index (χ2v) is 6.52. The van der Waals surface area contributed by atoms with Crippen molar-refractivity contribution in [1.82, 2.24) is 0 Å². The molecule has 1 N–H and O–H groups in total. The SMILES string of the molecule is CC(CC(F)(F)C(F)(F)F)=C(C(=O)O)S(=O)(=O)CCC(F)(F)F. The Hall–Kier alpha value is -1.40. The molecule has 0 saturated heterocycles. The first kappa shape index (κ1) is 21.6. The zero-order chi connectivity index (χ0) is 18.9. The first-order valence-electron chi connectivity index (χ1n) is 5.58. The zero-order valence-electron chi connectivity index (χ0n) is 11.2. The summed E-state index contributed by atoms with van der Waals surface area (Å²) in [5, 5.41) is 8.66. The van der Waals surface area contributed by atoms with Crippen LogP contribution in [0.2, 0.25) is 0 Å². The molecule has 4 nitrogen and oxygen atoms in total. The second kappa shape index (κ2) is 6.61. The Morgan fingerprint density at radius 3 is 1.74 bits per heavy atom. The molecule has 0 radical (unpaired) electrons. The van der Waals surface area contributed by atoms with E-state index in [0.29, 0.717) is 6.92 Å². The Kier molecular flexibility index (Phi) is 6.21. The van der Waals surface area contributed by atoms with Crippen LogP contribution in [0.4, 0.5) is 35.1 Å². The normalized spacial score (nSPS) is 15.3. The molecule has 0 aliphatic rings. The summed E-state index contributed by atoms with van der Waals surface area (Å²) in [5.74, 6) is -9.63. The number of allylic oxidation sites excluding steroid dienone is 1. The van der Waals surface area contributed by atoms with Crippen LogP contribution < -0.4 is 0 Å². The molecule has 23 heavy (non-hydrogen) atoms. The topological polar surface area (TPSA) is 71.4 Å². The number of carboxylic acids is 1. The fourth-order valence-electron chi connectivity index (χ4n) is 1.45. The molecule has 0 aliphatic carbocycles. The molecule has 13 heteroatoms. The lowest BCUT2D eigenvalue weighted by molar-refractivity contribution is -0.281. The van der Waals surface area contributed by atoms with Gasteiger partial charge in [0.1, 0.15) is 0 Å². The number of halogens is 8. The number of alkyl halides is 8. The number of sulfone groups is 1. The Morgan fingerprint density at radius 1 is 1.00 bits per heavy atom. The molecule has 0 atom stereocenters. The third-order valence-electron chi connectivity index (χ3n) is 2.45. The van der Waals surface area contributed by atoms with Crippen molar-refractivity contribution in [3.8, 4) is 0 Å². The Bertz CT molecular complexity index is 585. The van der Waals surface area contributed by atoms with Crippen LogP contribution in [0.25, 0.3) is 0 Å². The summed E-state index contributed by atoms with van der Waals surface area (Å²) >= 11 is 0. The predicted molar refractivity (Wildman–Crippen MR) is 60.4 cm³/mol. The van der Waals surface area contributed by atoms with Gasteiger partial charge >= 0.3 is 24.2 Å². The average molecular weight is 378 g/mol. The van der Waals surface area contributed by atoms with Gasteiger partial charge in [0.15, 0.2) is 14.7 Å². The van der Waals surface area contributed by atoms with Gasteiger partial charge in [-0.05, 0) is 12.5 Å². The minimum atomic E-state index is -6.08. The quantitative estimate of drug-likeness (QED) is 0.569. The molecule has 0 heterocycles. The van der Waals surface area contributed by atoms with Crippen LogP contribution in [-0.4, -0.2) is 43.5 Å². The van der Waals surface area contributed by atoms with E-state index < -0.39 is 63.2 Å². The first-order chi connectivity index (χ1) is 9.91. The lowest BCUT2D eigenvalue weighted by atomic mass is 10.1. The van der Waals surface area contributed by atoms with Crippen LogP contribution in [0.1, 0.15) is 19.8 Å². The van der Waals surface area contributed by atoms with Crippen molar-refractivity contribution in [3.05, 3.63) is 10.5 Å². The Morgan fingerprint density at radius 2 is 1.43 bits per heavy atom. The number of carbonyl (C=O) groups is 1. The van der Waals surface area contributed by atoms with E-state index in [4.69, 9.17) is 5.11 Å². The summed E-state index contributed by atoms with van der Waals surface area (Å²) in [6, 6.07) is 0. The molecule has 0 aliphatic heterocycles. The van der Waals surface area contributed by atoms with Gasteiger partial charge in [0, 0.05) is 6.42 Å². The standard InChI is InChI=1S/C10H10F8O4S/c1-5(4-8(11,12)10(16,17)18)6(7(19)20)23(21,22)3-2-9(13,14)15/h2-4H2,1H3,(H,19,20). The Balaban J connectivity index is 5.75. The van der Waals surface area contributed by atoms with Crippen molar-refractivity contribution in [2.75, 3.05) is 5.75 Å². The molecule has 0 bridgehead atoms. The predicted octanol–water partition coefficient (Wildman–Crippen LogP) is 3.30. The van der Waals surface area contributed by atoms with Gasteiger partial charge in [-0.15, -0.1) is 0 Å². The third-order valence-corrected chi connectivity index (χ3v) is 4.34. The molecule has 0 aromatic rings. The summed E-state index contributed by atoms with van der Waals surface area (Å²) in [6.07, 6.45) is -15.3. The van der Waals surface area contributed by atoms with Crippen molar-refractivity contribution < 1.29 is 53.4 Å². The number of hydrogen-bond acceptors (Lipinski definition) is 3. The molecule has 0 fully saturated rings. The van der Waals surface area contributed by atoms with Crippen LogP contribution in [0.15, 0.2) is 10.5 Å². The second-order valence-electron chi connectivity index (χ2n) is 4.48. The summed E-state index contributed by atoms with van der Waals surface area (Å²) < 4.78 is 121. The molecule has 0 saturated carbocycles. The number of rotatable bonds is 6. The van der Waals surface area contributed by atoms with Gasteiger partial charge in [-0.2, -0.15) is 35.1 Å². The van der Waals surface area contributed by atoms with Crippen molar-refractivity contribution in [2.45, 2.75) is 38.0 Å². The maximum Gasteiger partial charge on any atom is 0.453 e. The summed E-state index contributed by atoms with van der Waals surface area (Å²) in [5.41, 5.74) is -1.40. The maximum atomic E-state index is 12.8. The molecule has 0 amide bonds. The van der Waals surface area contributed by atoms with Crippen molar-refractivity contribution in [1.29, 1.82) is 0 Å². The third kappa shape index (κ3) is 6.31. The van der Waals surface area contributed by atoms with Crippen molar-refractivity contribution in [3.63, 3.8) is 0 Å². The lowest BCUT2D eigenvalue weighted by Crippen LogP contribution is -2.37. The fraction of sp³-hybridized carbons (Fsp3) is 0.700. The number of hydrogen-bond donors (Lipinski definition) is 1. The minimum Gasteiger partial charge on any atom is -0.477 e. The van der Waals surface area contributed by atoms with Crippen LogP contribution in [0, 0.1) is 0 Å². The van der Waals surface area contributed by atoms with E-state index in [1.165, 1.54) is 0 Å². The van der Waals surface area contributed by atoms with Gasteiger partial charge in [-0.1, -0.05) is 0 Å². The molecule has 0 aromatic heterocycles. The highest BCUT2D eigenvalue weighted by molar-refractivity contribution is 7.96. The average Bonchev–Trinajstić information content (AvgIpc) is 2.22. The van der Waals surface area contributed by atoms with E-state index in [9.17, 15) is 48.3 Å². The monoisotopic (exact) mass is 378 g/mol. The van der Waals surface area contributed by atoms with Crippen LogP contribution >= 0.6 is 0 Å². The van der Waals surface area contributed by atoms with Crippen LogP contribution in [0.5, 0.6) is 0 Å². The van der Waals surface area contributed by atoms with Gasteiger partial charge in [-0.25, -0.2) is 13.2 Å². The van der Waals surface area contributed by atoms with Gasteiger partial charge in [-0.3, -0.25) is 0 Å². The fourth-order valence-corrected chi connectivity index (χ4v) is 3.02. The van der Waals surface area contributed by atoms with Crippen LogP contribution in [0.3, 0.4) is 0 Å². The molecule has 136 valence electrons. The lowest BCUT2D eigenvalue weighted by Gasteiger charge is -2.20. The van der Waals surface area contributed by atoms with Gasteiger partial charge in [0.05, 0.1) is 12.2 Å². The van der Waals surface area contributed by atoms with E-state index in [2.05, 4.69) is 0 Å². The van der Waals surface area contributed by atoms with E-state index in [1.54, 1.807) is 0 Å². The van der Waals surface area contributed by atoms with Gasteiger partial charge in [0.2, 0.25) is 0 Å². The van der Waals surface area contributed by atoms with E-state index in [-0.39, 0.29) is 0 Å². The summed E-state index contributed by atoms with van der Waals surface area (Å²) in [6.45, 7) is 0.369. The molecule has 0 rings (SSSR count). The largest absolute Gasteiger partial charge is 0.477 e. The highest BCUT2D eigenvalue weighted by Crippen LogP contribution is 2.41. The molecular formula is C10H10F8O4S. The first-order valence-corrected chi connectivity index (χ1v) is 7.23. The van der Waals surface area contributed by atoms with Gasteiger partial charge in [0.25, 0.3) is 0 Å². The molecule has 0 aromatic carbocycles. The Labute approximate surface area is 124 Å². The summed E-state index contributed by atoms with van der Waals surface area (Å²) in [7, 11) is -5.21. The molecule has 0 unspecified atom stereocenters. The van der Waals surface area contributed by atoms with E-state index >= 15 is 0 Å². The number of carboxylic acid groups (broad SMARTS) is 1. The highest BCUT2D eigenvalue weighted by Gasteiger charge is 2.57.